The van der Waals surface area contributed by atoms with Gasteiger partial charge in [0, 0.05) is 13.1 Å². The molecule has 0 spiro atoms. The highest BCUT2D eigenvalue weighted by Gasteiger charge is 2.19. The van der Waals surface area contributed by atoms with Crippen molar-refractivity contribution < 1.29 is 9.53 Å². The standard InChI is InChI=1S/C15H22N2O2/c1-2-8-17-15(18)11-16-10-14-13-6-4-3-5-12(13)7-9-19-14/h3-6,14,16H,2,7-11H2,1H3,(H,17,18). The van der Waals surface area contributed by atoms with Crippen molar-refractivity contribution >= 4 is 5.91 Å². The normalized spacial score (nSPS) is 17.8. The SMILES string of the molecule is CCCNC(=O)CNCC1OCCc2ccccc21. The van der Waals surface area contributed by atoms with E-state index in [-0.39, 0.29) is 12.0 Å². The molecule has 1 unspecified atom stereocenters. The Kier molecular flexibility index (Phi) is 5.36. The molecule has 0 bridgehead atoms. The van der Waals surface area contributed by atoms with Gasteiger partial charge in [-0.15, -0.1) is 0 Å². The number of fused-ring (bicyclic) bond motifs is 1. The zero-order chi connectivity index (χ0) is 13.5. The first-order valence-electron chi connectivity index (χ1n) is 6.98. The predicted octanol–water partition coefficient (Wildman–Crippen LogP) is 1.42. The zero-order valence-electron chi connectivity index (χ0n) is 11.4. The first-order valence-corrected chi connectivity index (χ1v) is 6.98. The molecular weight excluding hydrogens is 240 g/mol. The van der Waals surface area contributed by atoms with Gasteiger partial charge in [0.05, 0.1) is 19.3 Å². The van der Waals surface area contributed by atoms with E-state index in [0.717, 1.165) is 26.0 Å². The van der Waals surface area contributed by atoms with Crippen LogP contribution in [0.3, 0.4) is 0 Å². The van der Waals surface area contributed by atoms with E-state index in [1.807, 2.05) is 13.0 Å². The van der Waals surface area contributed by atoms with Crippen LogP contribution in [0, 0.1) is 0 Å². The summed E-state index contributed by atoms with van der Waals surface area (Å²) in [5.41, 5.74) is 2.60. The third-order valence-corrected chi connectivity index (χ3v) is 3.28. The largest absolute Gasteiger partial charge is 0.372 e. The Labute approximate surface area is 114 Å². The van der Waals surface area contributed by atoms with Crippen molar-refractivity contribution in [3.63, 3.8) is 0 Å². The molecule has 0 radical (unpaired) electrons. The molecular formula is C15H22N2O2. The fraction of sp³-hybridized carbons (Fsp3) is 0.533. The van der Waals surface area contributed by atoms with Crippen LogP contribution >= 0.6 is 0 Å². The number of nitrogens with one attached hydrogen (secondary N) is 2. The quantitative estimate of drug-likeness (QED) is 0.815. The van der Waals surface area contributed by atoms with Gasteiger partial charge in [0.1, 0.15) is 0 Å². The summed E-state index contributed by atoms with van der Waals surface area (Å²) in [5, 5.41) is 6.01. The summed E-state index contributed by atoms with van der Waals surface area (Å²) in [5.74, 6) is 0.0472. The molecule has 0 saturated heterocycles. The Balaban J connectivity index is 1.80. The van der Waals surface area contributed by atoms with E-state index in [1.165, 1.54) is 11.1 Å². The van der Waals surface area contributed by atoms with Crippen LogP contribution in [-0.2, 0) is 16.0 Å². The lowest BCUT2D eigenvalue weighted by Gasteiger charge is -2.26. The minimum Gasteiger partial charge on any atom is -0.372 e. The second-order valence-electron chi connectivity index (χ2n) is 4.79. The topological polar surface area (TPSA) is 50.4 Å². The van der Waals surface area contributed by atoms with Crippen molar-refractivity contribution in [1.29, 1.82) is 0 Å². The van der Waals surface area contributed by atoms with E-state index in [1.54, 1.807) is 0 Å². The molecule has 4 nitrogen and oxygen atoms in total. The monoisotopic (exact) mass is 262 g/mol. The Bertz CT molecular complexity index is 420. The molecule has 1 aromatic carbocycles. The molecule has 0 saturated carbocycles. The molecule has 1 aromatic rings. The van der Waals surface area contributed by atoms with Crippen LogP contribution in [0.4, 0.5) is 0 Å². The van der Waals surface area contributed by atoms with Crippen LogP contribution in [0.15, 0.2) is 24.3 Å². The van der Waals surface area contributed by atoms with E-state index >= 15 is 0 Å². The maximum Gasteiger partial charge on any atom is 0.233 e. The number of hydrogen-bond acceptors (Lipinski definition) is 3. The van der Waals surface area contributed by atoms with Crippen molar-refractivity contribution in [3.8, 4) is 0 Å². The Morgan fingerprint density at radius 1 is 1.42 bits per heavy atom. The molecule has 0 aliphatic carbocycles. The molecule has 4 heteroatoms. The molecule has 1 heterocycles. The Morgan fingerprint density at radius 2 is 2.26 bits per heavy atom. The molecule has 0 fully saturated rings. The maximum absolute atomic E-state index is 11.5. The first kappa shape index (κ1) is 14.0. The smallest absolute Gasteiger partial charge is 0.233 e. The number of rotatable bonds is 6. The lowest BCUT2D eigenvalue weighted by molar-refractivity contribution is -0.120. The highest BCUT2D eigenvalue weighted by molar-refractivity contribution is 5.77. The molecule has 1 amide bonds. The fourth-order valence-corrected chi connectivity index (χ4v) is 2.29. The van der Waals surface area contributed by atoms with Gasteiger partial charge in [-0.2, -0.15) is 0 Å². The summed E-state index contributed by atoms with van der Waals surface area (Å²) >= 11 is 0. The highest BCUT2D eigenvalue weighted by atomic mass is 16.5. The van der Waals surface area contributed by atoms with Crippen molar-refractivity contribution in [2.24, 2.45) is 0 Å². The first-order chi connectivity index (χ1) is 9.31. The molecule has 2 rings (SSSR count). The second-order valence-corrected chi connectivity index (χ2v) is 4.79. The summed E-state index contributed by atoms with van der Waals surface area (Å²) < 4.78 is 5.77. The Morgan fingerprint density at radius 3 is 3.11 bits per heavy atom. The predicted molar refractivity (Wildman–Crippen MR) is 75.0 cm³/mol. The average molecular weight is 262 g/mol. The van der Waals surface area contributed by atoms with E-state index in [4.69, 9.17) is 4.74 Å². The number of carbonyl (C=O) groups is 1. The number of ether oxygens (including phenoxy) is 1. The molecule has 1 aliphatic heterocycles. The van der Waals surface area contributed by atoms with Crippen LogP contribution in [0.1, 0.15) is 30.6 Å². The average Bonchev–Trinajstić information content (AvgIpc) is 2.45. The van der Waals surface area contributed by atoms with Crippen LogP contribution in [-0.4, -0.2) is 32.1 Å². The molecule has 2 N–H and O–H groups in total. The lowest BCUT2D eigenvalue weighted by atomic mass is 9.97. The summed E-state index contributed by atoms with van der Waals surface area (Å²) in [4.78, 5) is 11.5. The molecule has 19 heavy (non-hydrogen) atoms. The summed E-state index contributed by atoms with van der Waals surface area (Å²) in [6.07, 6.45) is 2.00. The second kappa shape index (κ2) is 7.26. The fourth-order valence-electron chi connectivity index (χ4n) is 2.29. The lowest BCUT2D eigenvalue weighted by Crippen LogP contribution is -2.37. The van der Waals surface area contributed by atoms with Gasteiger partial charge in [-0.1, -0.05) is 31.2 Å². The van der Waals surface area contributed by atoms with E-state index in [2.05, 4.69) is 28.8 Å². The number of benzene rings is 1. The van der Waals surface area contributed by atoms with Crippen molar-refractivity contribution in [1.82, 2.24) is 10.6 Å². The number of hydrogen-bond donors (Lipinski definition) is 2. The molecule has 1 atom stereocenters. The van der Waals surface area contributed by atoms with Crippen molar-refractivity contribution in [2.75, 3.05) is 26.2 Å². The minimum atomic E-state index is 0.0472. The van der Waals surface area contributed by atoms with E-state index in [9.17, 15) is 4.79 Å². The van der Waals surface area contributed by atoms with Gasteiger partial charge in [-0.3, -0.25) is 4.79 Å². The maximum atomic E-state index is 11.5. The highest BCUT2D eigenvalue weighted by Crippen LogP contribution is 2.25. The summed E-state index contributed by atoms with van der Waals surface area (Å²) in [6.45, 7) is 4.56. The summed E-state index contributed by atoms with van der Waals surface area (Å²) in [6, 6.07) is 8.36. The molecule has 104 valence electrons. The van der Waals surface area contributed by atoms with Crippen LogP contribution in [0.2, 0.25) is 0 Å². The van der Waals surface area contributed by atoms with Crippen molar-refractivity contribution in [3.05, 3.63) is 35.4 Å². The van der Waals surface area contributed by atoms with Gasteiger partial charge in [0.25, 0.3) is 0 Å². The Hall–Kier alpha value is -1.39. The van der Waals surface area contributed by atoms with Gasteiger partial charge in [-0.25, -0.2) is 0 Å². The van der Waals surface area contributed by atoms with Crippen LogP contribution in [0.5, 0.6) is 0 Å². The molecule has 0 aromatic heterocycles. The van der Waals surface area contributed by atoms with Gasteiger partial charge in [0.2, 0.25) is 5.91 Å². The van der Waals surface area contributed by atoms with Crippen LogP contribution < -0.4 is 10.6 Å². The third-order valence-electron chi connectivity index (χ3n) is 3.28. The van der Waals surface area contributed by atoms with Crippen LogP contribution in [0.25, 0.3) is 0 Å². The zero-order valence-corrected chi connectivity index (χ0v) is 11.4. The van der Waals surface area contributed by atoms with E-state index in [0.29, 0.717) is 13.1 Å². The van der Waals surface area contributed by atoms with Gasteiger partial charge < -0.3 is 15.4 Å². The summed E-state index contributed by atoms with van der Waals surface area (Å²) in [7, 11) is 0. The minimum absolute atomic E-state index is 0.0472. The number of carbonyl (C=O) groups excluding carboxylic acids is 1. The van der Waals surface area contributed by atoms with Gasteiger partial charge >= 0.3 is 0 Å². The number of amides is 1. The van der Waals surface area contributed by atoms with E-state index < -0.39 is 0 Å². The van der Waals surface area contributed by atoms with Crippen molar-refractivity contribution in [2.45, 2.75) is 25.9 Å². The third kappa shape index (κ3) is 4.04. The van der Waals surface area contributed by atoms with Gasteiger partial charge in [0.15, 0.2) is 0 Å². The molecule has 1 aliphatic rings. The van der Waals surface area contributed by atoms with Gasteiger partial charge in [-0.05, 0) is 24.0 Å².